The highest BCUT2D eigenvalue weighted by molar-refractivity contribution is 7.89. The first-order valence-electron chi connectivity index (χ1n) is 9.53. The molecule has 7 nitrogen and oxygen atoms in total. The van der Waals surface area contributed by atoms with Gasteiger partial charge in [0.05, 0.1) is 10.3 Å². The van der Waals surface area contributed by atoms with Crippen molar-refractivity contribution in [1.82, 2.24) is 0 Å². The van der Waals surface area contributed by atoms with E-state index in [0.717, 1.165) is 18.4 Å². The molecular formula is C21H23ClN2O5S. The summed E-state index contributed by atoms with van der Waals surface area (Å²) in [6, 6.07) is 12.5. The number of primary sulfonamides is 1. The van der Waals surface area contributed by atoms with Gasteiger partial charge >= 0.3 is 5.97 Å². The van der Waals surface area contributed by atoms with E-state index in [0.29, 0.717) is 23.6 Å². The summed E-state index contributed by atoms with van der Waals surface area (Å²) in [7, 11) is -3.82. The Labute approximate surface area is 180 Å². The van der Waals surface area contributed by atoms with Crippen molar-refractivity contribution in [2.24, 2.45) is 5.14 Å². The second kappa shape index (κ2) is 8.75. The van der Waals surface area contributed by atoms with E-state index in [1.54, 1.807) is 12.1 Å². The SMILES string of the molecule is CC(OC(=O)C1(c2ccc(Cl)cc2)CCCC1)C(=O)Nc1ccc(S(N)(=O)=O)cc1. The zero-order chi connectivity index (χ0) is 21.9. The van der Waals surface area contributed by atoms with Crippen molar-refractivity contribution >= 4 is 39.2 Å². The maximum absolute atomic E-state index is 13.1. The van der Waals surface area contributed by atoms with E-state index in [1.165, 1.54) is 31.2 Å². The Kier molecular flexibility index (Phi) is 6.50. The highest BCUT2D eigenvalue weighted by Gasteiger charge is 2.45. The summed E-state index contributed by atoms with van der Waals surface area (Å²) in [4.78, 5) is 25.5. The van der Waals surface area contributed by atoms with Gasteiger partial charge in [-0.15, -0.1) is 0 Å². The standard InChI is InChI=1S/C21H23ClN2O5S/c1-14(19(25)24-17-8-10-18(11-9-17)30(23,27)28)29-20(26)21(12-2-3-13-21)15-4-6-16(22)7-5-15/h4-11,14H,2-3,12-13H2,1H3,(H,24,25)(H2,23,27,28). The lowest BCUT2D eigenvalue weighted by Crippen LogP contribution is -2.39. The Morgan fingerprint density at radius 3 is 2.17 bits per heavy atom. The van der Waals surface area contributed by atoms with Gasteiger partial charge in [0.2, 0.25) is 10.0 Å². The van der Waals surface area contributed by atoms with Crippen LogP contribution < -0.4 is 10.5 Å². The maximum atomic E-state index is 13.1. The Morgan fingerprint density at radius 1 is 1.07 bits per heavy atom. The minimum atomic E-state index is -3.82. The molecule has 0 aliphatic heterocycles. The van der Waals surface area contributed by atoms with Crippen molar-refractivity contribution in [2.75, 3.05) is 5.32 Å². The van der Waals surface area contributed by atoms with Gasteiger partial charge in [0, 0.05) is 10.7 Å². The molecule has 0 bridgehead atoms. The van der Waals surface area contributed by atoms with Crippen LogP contribution in [0.4, 0.5) is 5.69 Å². The third kappa shape index (κ3) is 4.83. The predicted molar refractivity (Wildman–Crippen MR) is 114 cm³/mol. The van der Waals surface area contributed by atoms with E-state index in [2.05, 4.69) is 5.32 Å². The number of hydrogen-bond donors (Lipinski definition) is 2. The number of nitrogens with one attached hydrogen (secondary N) is 1. The summed E-state index contributed by atoms with van der Waals surface area (Å²) in [5.74, 6) is -0.953. The van der Waals surface area contributed by atoms with Gasteiger partial charge < -0.3 is 10.1 Å². The Bertz CT molecular complexity index is 1030. The molecule has 1 fully saturated rings. The fourth-order valence-corrected chi connectivity index (χ4v) is 4.30. The van der Waals surface area contributed by atoms with E-state index >= 15 is 0 Å². The average Bonchev–Trinajstić information content (AvgIpc) is 3.19. The van der Waals surface area contributed by atoms with E-state index < -0.39 is 33.4 Å². The largest absolute Gasteiger partial charge is 0.452 e. The summed E-state index contributed by atoms with van der Waals surface area (Å²) in [6.07, 6.45) is 2.07. The summed E-state index contributed by atoms with van der Waals surface area (Å²) in [5.41, 5.74) is 0.417. The fourth-order valence-electron chi connectivity index (χ4n) is 3.66. The van der Waals surface area contributed by atoms with Crippen molar-refractivity contribution in [3.8, 4) is 0 Å². The molecule has 3 N–H and O–H groups in total. The topological polar surface area (TPSA) is 116 Å². The van der Waals surface area contributed by atoms with Crippen molar-refractivity contribution in [3.63, 3.8) is 0 Å². The minimum Gasteiger partial charge on any atom is -0.452 e. The van der Waals surface area contributed by atoms with Crippen LogP contribution in [0.15, 0.2) is 53.4 Å². The highest BCUT2D eigenvalue weighted by Crippen LogP contribution is 2.42. The monoisotopic (exact) mass is 450 g/mol. The molecule has 0 spiro atoms. The van der Waals surface area contributed by atoms with Crippen LogP contribution in [-0.2, 0) is 29.8 Å². The van der Waals surface area contributed by atoms with Gasteiger partial charge in [-0.2, -0.15) is 0 Å². The number of nitrogens with two attached hydrogens (primary N) is 1. The Balaban J connectivity index is 1.69. The van der Waals surface area contributed by atoms with Crippen LogP contribution in [-0.4, -0.2) is 26.4 Å². The zero-order valence-electron chi connectivity index (χ0n) is 16.4. The normalized spacial score (nSPS) is 16.6. The number of carbonyl (C=O) groups is 2. The van der Waals surface area contributed by atoms with Crippen LogP contribution in [0.3, 0.4) is 0 Å². The summed E-state index contributed by atoms with van der Waals surface area (Å²) in [5, 5.41) is 8.25. The lowest BCUT2D eigenvalue weighted by molar-refractivity contribution is -0.159. The molecular weight excluding hydrogens is 428 g/mol. The Hall–Kier alpha value is -2.42. The average molecular weight is 451 g/mol. The van der Waals surface area contributed by atoms with Gasteiger partial charge in [0.15, 0.2) is 6.10 Å². The molecule has 0 radical (unpaired) electrons. The highest BCUT2D eigenvalue weighted by atomic mass is 35.5. The molecule has 0 heterocycles. The number of benzene rings is 2. The molecule has 1 amide bonds. The first-order chi connectivity index (χ1) is 14.1. The third-order valence-corrected chi connectivity index (χ3v) is 6.53. The number of anilines is 1. The number of esters is 1. The van der Waals surface area contributed by atoms with Crippen LogP contribution in [0.2, 0.25) is 5.02 Å². The molecule has 160 valence electrons. The fraction of sp³-hybridized carbons (Fsp3) is 0.333. The van der Waals surface area contributed by atoms with Gasteiger partial charge in [-0.3, -0.25) is 9.59 Å². The van der Waals surface area contributed by atoms with Crippen molar-refractivity contribution in [2.45, 2.75) is 49.0 Å². The van der Waals surface area contributed by atoms with Gasteiger partial charge in [-0.1, -0.05) is 36.6 Å². The number of rotatable bonds is 6. The number of hydrogen-bond acceptors (Lipinski definition) is 5. The van der Waals surface area contributed by atoms with Gasteiger partial charge in [-0.05, 0) is 61.7 Å². The third-order valence-electron chi connectivity index (χ3n) is 5.35. The molecule has 3 rings (SSSR count). The molecule has 1 unspecified atom stereocenters. The first-order valence-corrected chi connectivity index (χ1v) is 11.5. The van der Waals surface area contributed by atoms with E-state index in [1.807, 2.05) is 12.1 Å². The zero-order valence-corrected chi connectivity index (χ0v) is 18.0. The summed E-state index contributed by atoms with van der Waals surface area (Å²) >= 11 is 5.97. The lowest BCUT2D eigenvalue weighted by atomic mass is 9.79. The number of halogens is 1. The van der Waals surface area contributed by atoms with Crippen LogP contribution in [0.5, 0.6) is 0 Å². The van der Waals surface area contributed by atoms with Crippen molar-refractivity contribution < 1.29 is 22.7 Å². The predicted octanol–water partition coefficient (Wildman–Crippen LogP) is 3.37. The molecule has 30 heavy (non-hydrogen) atoms. The molecule has 0 aromatic heterocycles. The van der Waals surface area contributed by atoms with Gasteiger partial charge in [0.1, 0.15) is 0 Å². The van der Waals surface area contributed by atoms with E-state index in [4.69, 9.17) is 21.5 Å². The van der Waals surface area contributed by atoms with Crippen LogP contribution in [0.1, 0.15) is 38.2 Å². The van der Waals surface area contributed by atoms with Crippen LogP contribution in [0, 0.1) is 0 Å². The summed E-state index contributed by atoms with van der Waals surface area (Å²) < 4.78 is 28.2. The minimum absolute atomic E-state index is 0.0638. The smallest absolute Gasteiger partial charge is 0.317 e. The van der Waals surface area contributed by atoms with Crippen molar-refractivity contribution in [1.29, 1.82) is 0 Å². The lowest BCUT2D eigenvalue weighted by Gasteiger charge is -2.28. The second-order valence-electron chi connectivity index (χ2n) is 7.40. The molecule has 2 aromatic rings. The van der Waals surface area contributed by atoms with Crippen LogP contribution >= 0.6 is 11.6 Å². The van der Waals surface area contributed by atoms with Gasteiger partial charge in [0.25, 0.3) is 5.91 Å². The Morgan fingerprint density at radius 2 is 1.63 bits per heavy atom. The second-order valence-corrected chi connectivity index (χ2v) is 9.40. The van der Waals surface area contributed by atoms with E-state index in [-0.39, 0.29) is 4.90 Å². The first kappa shape index (κ1) is 22.3. The molecule has 0 saturated heterocycles. The molecule has 2 aromatic carbocycles. The number of carbonyl (C=O) groups excluding carboxylic acids is 2. The number of ether oxygens (including phenoxy) is 1. The van der Waals surface area contributed by atoms with E-state index in [9.17, 15) is 18.0 Å². The van der Waals surface area contributed by atoms with Gasteiger partial charge in [-0.25, -0.2) is 13.6 Å². The molecule has 1 aliphatic carbocycles. The maximum Gasteiger partial charge on any atom is 0.317 e. The van der Waals surface area contributed by atoms with Crippen molar-refractivity contribution in [3.05, 3.63) is 59.1 Å². The summed E-state index contributed by atoms with van der Waals surface area (Å²) in [6.45, 7) is 1.50. The quantitative estimate of drug-likeness (QED) is 0.654. The molecule has 1 saturated carbocycles. The number of amides is 1. The number of sulfonamides is 1. The molecule has 1 atom stereocenters. The molecule has 1 aliphatic rings. The molecule has 9 heteroatoms. The van der Waals surface area contributed by atoms with Crippen LogP contribution in [0.25, 0.3) is 0 Å².